The fourth-order valence-corrected chi connectivity index (χ4v) is 3.14. The van der Waals surface area contributed by atoms with Crippen molar-refractivity contribution in [2.24, 2.45) is 7.05 Å². The van der Waals surface area contributed by atoms with Crippen LogP contribution < -0.4 is 10.3 Å². The van der Waals surface area contributed by atoms with Crippen LogP contribution in [0, 0.1) is 13.8 Å². The summed E-state index contributed by atoms with van der Waals surface area (Å²) >= 11 is 6.44. The van der Waals surface area contributed by atoms with Gasteiger partial charge in [-0.2, -0.15) is 0 Å². The van der Waals surface area contributed by atoms with Crippen LogP contribution in [-0.2, 0) is 7.05 Å². The molecule has 5 heteroatoms. The third-order valence-corrected chi connectivity index (χ3v) is 4.52. The van der Waals surface area contributed by atoms with E-state index < -0.39 is 0 Å². The molecular weight excluding hydrogens is 312 g/mol. The number of hydrogen-bond acceptors (Lipinski definition) is 3. The molecule has 0 spiro atoms. The van der Waals surface area contributed by atoms with Gasteiger partial charge in [0.2, 0.25) is 0 Å². The maximum atomic E-state index is 12.7. The Morgan fingerprint density at radius 2 is 1.87 bits per heavy atom. The number of fused-ring (bicyclic) bond motifs is 1. The summed E-state index contributed by atoms with van der Waals surface area (Å²) in [4.78, 5) is 12.7. The Morgan fingerprint density at radius 1 is 1.17 bits per heavy atom. The first-order valence-corrected chi connectivity index (χ1v) is 7.63. The number of methoxy groups -OCH3 is 1. The van der Waals surface area contributed by atoms with E-state index in [4.69, 9.17) is 16.3 Å². The van der Waals surface area contributed by atoms with Gasteiger partial charge in [0.15, 0.2) is 0 Å². The van der Waals surface area contributed by atoms with Crippen LogP contribution in [0.15, 0.2) is 35.1 Å². The second kappa shape index (κ2) is 5.70. The zero-order valence-electron chi connectivity index (χ0n) is 13.5. The van der Waals surface area contributed by atoms with E-state index in [2.05, 4.69) is 11.2 Å². The molecule has 1 aromatic heterocycles. The molecule has 3 rings (SSSR count). The third kappa shape index (κ3) is 2.39. The number of hydrogen-bond donors (Lipinski definition) is 0. The van der Waals surface area contributed by atoms with E-state index in [1.165, 1.54) is 11.8 Å². The summed E-state index contributed by atoms with van der Waals surface area (Å²) in [6.07, 6.45) is 0. The van der Waals surface area contributed by atoms with Crippen LogP contribution in [0.5, 0.6) is 5.88 Å². The van der Waals surface area contributed by atoms with Gasteiger partial charge in [0.1, 0.15) is 5.02 Å². The lowest BCUT2D eigenvalue weighted by Gasteiger charge is -2.16. The van der Waals surface area contributed by atoms with Crippen LogP contribution in [0.2, 0.25) is 5.02 Å². The van der Waals surface area contributed by atoms with E-state index in [1.807, 2.05) is 38.1 Å². The Labute approximate surface area is 139 Å². The minimum atomic E-state index is -0.241. The summed E-state index contributed by atoms with van der Waals surface area (Å²) in [5.74, 6) is 0.244. The Balaban J connectivity index is 2.54. The summed E-state index contributed by atoms with van der Waals surface area (Å²) in [5.41, 5.74) is 3.16. The smallest absolute Gasteiger partial charge is 0.276 e. The van der Waals surface area contributed by atoms with E-state index >= 15 is 0 Å². The van der Waals surface area contributed by atoms with Crippen molar-refractivity contribution in [1.82, 2.24) is 9.78 Å². The maximum absolute atomic E-state index is 12.7. The van der Waals surface area contributed by atoms with Gasteiger partial charge >= 0.3 is 0 Å². The quantitative estimate of drug-likeness (QED) is 0.717. The molecule has 0 aliphatic carbocycles. The number of aryl methyl sites for hydroxylation is 2. The van der Waals surface area contributed by atoms with Crippen molar-refractivity contribution < 1.29 is 4.74 Å². The molecule has 3 aromatic rings. The van der Waals surface area contributed by atoms with Crippen molar-refractivity contribution in [3.8, 4) is 17.0 Å². The highest BCUT2D eigenvalue weighted by Gasteiger charge is 2.21. The number of ether oxygens (including phenoxy) is 1. The molecule has 0 fully saturated rings. The van der Waals surface area contributed by atoms with Gasteiger partial charge in [0.25, 0.3) is 11.4 Å². The fourth-order valence-electron chi connectivity index (χ4n) is 2.85. The number of aromatic nitrogens is 2. The molecular formula is C18H17ClN2O2. The number of rotatable bonds is 2. The SMILES string of the molecule is COc1nn(C)c(=O)c(-c2c(C)c(C)cc3ccccc23)c1Cl. The van der Waals surface area contributed by atoms with Gasteiger partial charge in [-0.25, -0.2) is 4.68 Å². The zero-order valence-corrected chi connectivity index (χ0v) is 14.2. The standard InChI is InChI=1S/C18H17ClN2O2/c1-10-9-12-7-5-6-8-13(12)14(11(10)2)15-16(19)17(23-4)20-21(3)18(15)22/h5-9H,1-4H3. The molecule has 0 atom stereocenters. The summed E-state index contributed by atoms with van der Waals surface area (Å²) < 4.78 is 6.48. The fraction of sp³-hybridized carbons (Fsp3) is 0.222. The molecule has 1 heterocycles. The van der Waals surface area contributed by atoms with Crippen molar-refractivity contribution in [3.63, 3.8) is 0 Å². The van der Waals surface area contributed by atoms with Gasteiger partial charge in [-0.15, -0.1) is 5.10 Å². The van der Waals surface area contributed by atoms with Crippen molar-refractivity contribution in [3.05, 3.63) is 56.8 Å². The number of halogens is 1. The highest BCUT2D eigenvalue weighted by Crippen LogP contribution is 2.38. The Kier molecular flexibility index (Phi) is 3.86. The van der Waals surface area contributed by atoms with Gasteiger partial charge in [-0.3, -0.25) is 4.79 Å². The molecule has 0 aliphatic heterocycles. The molecule has 0 amide bonds. The van der Waals surface area contributed by atoms with Gasteiger partial charge in [-0.1, -0.05) is 41.9 Å². The van der Waals surface area contributed by atoms with E-state index in [0.29, 0.717) is 5.56 Å². The van der Waals surface area contributed by atoms with E-state index in [9.17, 15) is 4.79 Å². The number of nitrogens with zero attached hydrogens (tertiary/aromatic N) is 2. The first kappa shape index (κ1) is 15.6. The van der Waals surface area contributed by atoms with Crippen LogP contribution in [0.4, 0.5) is 0 Å². The third-order valence-electron chi connectivity index (χ3n) is 4.17. The first-order valence-electron chi connectivity index (χ1n) is 7.25. The lowest BCUT2D eigenvalue weighted by atomic mass is 9.91. The average Bonchev–Trinajstić information content (AvgIpc) is 2.54. The zero-order chi connectivity index (χ0) is 16.7. The maximum Gasteiger partial charge on any atom is 0.276 e. The normalized spacial score (nSPS) is 11.0. The van der Waals surface area contributed by atoms with Crippen LogP contribution in [-0.4, -0.2) is 16.9 Å². The van der Waals surface area contributed by atoms with Crippen molar-refractivity contribution >= 4 is 22.4 Å². The van der Waals surface area contributed by atoms with Crippen LogP contribution >= 0.6 is 11.6 Å². The Morgan fingerprint density at radius 3 is 2.57 bits per heavy atom. The van der Waals surface area contributed by atoms with Gasteiger partial charge < -0.3 is 4.74 Å². The Hall–Kier alpha value is -2.33. The molecule has 0 saturated carbocycles. The molecule has 0 aliphatic rings. The van der Waals surface area contributed by atoms with Crippen LogP contribution in [0.3, 0.4) is 0 Å². The molecule has 23 heavy (non-hydrogen) atoms. The first-order chi connectivity index (χ1) is 11.0. The minimum absolute atomic E-state index is 0.241. The van der Waals surface area contributed by atoms with Crippen molar-refractivity contribution in [2.45, 2.75) is 13.8 Å². The summed E-state index contributed by atoms with van der Waals surface area (Å²) in [6, 6.07) is 10.1. The predicted octanol–water partition coefficient (Wildman–Crippen LogP) is 3.88. The van der Waals surface area contributed by atoms with E-state index in [1.54, 1.807) is 7.05 Å². The average molecular weight is 329 g/mol. The summed E-state index contributed by atoms with van der Waals surface area (Å²) in [5, 5.41) is 6.36. The molecule has 0 unspecified atom stereocenters. The van der Waals surface area contributed by atoms with E-state index in [-0.39, 0.29) is 16.5 Å². The van der Waals surface area contributed by atoms with Crippen LogP contribution in [0.25, 0.3) is 21.9 Å². The predicted molar refractivity (Wildman–Crippen MR) is 93.5 cm³/mol. The molecule has 4 nitrogen and oxygen atoms in total. The molecule has 118 valence electrons. The molecule has 2 aromatic carbocycles. The van der Waals surface area contributed by atoms with Gasteiger partial charge in [-0.05, 0) is 41.3 Å². The second-order valence-electron chi connectivity index (χ2n) is 5.54. The second-order valence-corrected chi connectivity index (χ2v) is 5.92. The topological polar surface area (TPSA) is 44.1 Å². The largest absolute Gasteiger partial charge is 0.479 e. The molecule has 0 bridgehead atoms. The lowest BCUT2D eigenvalue weighted by Crippen LogP contribution is -2.23. The van der Waals surface area contributed by atoms with E-state index in [0.717, 1.165) is 27.5 Å². The molecule has 0 radical (unpaired) electrons. The molecule has 0 saturated heterocycles. The highest BCUT2D eigenvalue weighted by atomic mass is 35.5. The monoisotopic (exact) mass is 328 g/mol. The molecule has 0 N–H and O–H groups in total. The van der Waals surface area contributed by atoms with Gasteiger partial charge in [0, 0.05) is 7.05 Å². The van der Waals surface area contributed by atoms with Gasteiger partial charge in [0.05, 0.1) is 12.7 Å². The highest BCUT2D eigenvalue weighted by molar-refractivity contribution is 6.35. The minimum Gasteiger partial charge on any atom is -0.479 e. The number of benzene rings is 2. The van der Waals surface area contributed by atoms with Crippen molar-refractivity contribution in [2.75, 3.05) is 7.11 Å². The summed E-state index contributed by atoms with van der Waals surface area (Å²) in [7, 11) is 3.09. The van der Waals surface area contributed by atoms with Crippen molar-refractivity contribution in [1.29, 1.82) is 0 Å². The lowest BCUT2D eigenvalue weighted by molar-refractivity contribution is 0.382. The van der Waals surface area contributed by atoms with Crippen LogP contribution in [0.1, 0.15) is 11.1 Å². The summed E-state index contributed by atoms with van der Waals surface area (Å²) in [6.45, 7) is 4.03. The Bertz CT molecular complexity index is 977.